The Morgan fingerprint density at radius 1 is 1.19 bits per heavy atom. The van der Waals surface area contributed by atoms with E-state index in [1.165, 1.54) is 0 Å². The number of urea groups is 1. The highest BCUT2D eigenvalue weighted by Crippen LogP contribution is 2.43. The van der Waals surface area contributed by atoms with Crippen molar-refractivity contribution >= 4 is 39.5 Å². The maximum Gasteiger partial charge on any atom is 0.335 e. The van der Waals surface area contributed by atoms with E-state index in [9.17, 15) is 14.4 Å². The molecule has 0 atom stereocenters. The zero-order chi connectivity index (χ0) is 15.2. The maximum atomic E-state index is 12.9. The third-order valence-corrected chi connectivity index (χ3v) is 5.27. The lowest BCUT2D eigenvalue weighted by atomic mass is 9.82. The topological polar surface area (TPSA) is 66.5 Å². The summed E-state index contributed by atoms with van der Waals surface area (Å²) < 4.78 is 0.818. The number of nitrogens with zero attached hydrogens (tertiary/aromatic N) is 1. The molecule has 1 heterocycles. The van der Waals surface area contributed by atoms with Crippen LogP contribution in [0.25, 0.3) is 0 Å². The highest BCUT2D eigenvalue weighted by atomic mass is 79.9. The van der Waals surface area contributed by atoms with Crippen molar-refractivity contribution in [3.8, 4) is 0 Å². The van der Waals surface area contributed by atoms with Crippen LogP contribution in [0.3, 0.4) is 0 Å². The molecule has 3 rings (SSSR count). The second kappa shape index (κ2) is 4.94. The lowest BCUT2D eigenvalue weighted by Crippen LogP contribution is -2.63. The molecule has 0 radical (unpaired) electrons. The number of amides is 4. The molecule has 21 heavy (non-hydrogen) atoms. The first-order valence-corrected chi connectivity index (χ1v) is 7.72. The molecule has 1 aliphatic carbocycles. The Kier molecular flexibility index (Phi) is 3.36. The van der Waals surface area contributed by atoms with Crippen molar-refractivity contribution in [1.82, 2.24) is 5.32 Å². The number of anilines is 1. The molecule has 1 saturated carbocycles. The highest BCUT2D eigenvalue weighted by molar-refractivity contribution is 9.10. The minimum absolute atomic E-state index is 0.394. The van der Waals surface area contributed by atoms with Gasteiger partial charge in [0.25, 0.3) is 5.91 Å². The van der Waals surface area contributed by atoms with Gasteiger partial charge in [0.1, 0.15) is 5.41 Å². The molecule has 2 aliphatic rings. The van der Waals surface area contributed by atoms with Gasteiger partial charge in [-0.3, -0.25) is 14.9 Å². The van der Waals surface area contributed by atoms with Gasteiger partial charge in [0.2, 0.25) is 5.91 Å². The maximum absolute atomic E-state index is 12.9. The number of benzene rings is 1. The van der Waals surface area contributed by atoms with Gasteiger partial charge in [-0.05, 0) is 37.5 Å². The summed E-state index contributed by atoms with van der Waals surface area (Å²) in [5.41, 5.74) is 0.247. The van der Waals surface area contributed by atoms with Crippen molar-refractivity contribution in [2.24, 2.45) is 5.41 Å². The van der Waals surface area contributed by atoms with Gasteiger partial charge >= 0.3 is 6.03 Å². The van der Waals surface area contributed by atoms with Gasteiger partial charge in [-0.25, -0.2) is 9.69 Å². The van der Waals surface area contributed by atoms with E-state index in [1.807, 2.05) is 13.0 Å². The first-order chi connectivity index (χ1) is 9.97. The van der Waals surface area contributed by atoms with Gasteiger partial charge in [-0.1, -0.05) is 34.8 Å². The van der Waals surface area contributed by atoms with Gasteiger partial charge in [0.15, 0.2) is 0 Å². The van der Waals surface area contributed by atoms with E-state index in [1.54, 1.807) is 12.1 Å². The molecule has 1 aromatic carbocycles. The summed E-state index contributed by atoms with van der Waals surface area (Å²) in [7, 11) is 0. The van der Waals surface area contributed by atoms with Crippen molar-refractivity contribution in [3.05, 3.63) is 28.2 Å². The Morgan fingerprint density at radius 3 is 2.52 bits per heavy atom. The predicted octanol–water partition coefficient (Wildman–Crippen LogP) is 2.90. The molecule has 1 spiro atoms. The molecular formula is C15H15BrN2O3. The molecule has 0 bridgehead atoms. The van der Waals surface area contributed by atoms with Crippen LogP contribution >= 0.6 is 15.9 Å². The number of halogens is 1. The van der Waals surface area contributed by atoms with Crippen molar-refractivity contribution in [3.63, 3.8) is 0 Å². The lowest BCUT2D eigenvalue weighted by molar-refractivity contribution is -0.142. The number of carbonyl (C=O) groups is 3. The third-order valence-electron chi connectivity index (χ3n) is 4.41. The van der Waals surface area contributed by atoms with Crippen LogP contribution in [-0.2, 0) is 9.59 Å². The fourth-order valence-corrected chi connectivity index (χ4v) is 3.51. The quantitative estimate of drug-likeness (QED) is 0.792. The zero-order valence-corrected chi connectivity index (χ0v) is 13.2. The van der Waals surface area contributed by atoms with Crippen LogP contribution in [-0.4, -0.2) is 17.8 Å². The molecule has 5 nitrogen and oxygen atoms in total. The van der Waals surface area contributed by atoms with Crippen molar-refractivity contribution in [1.29, 1.82) is 0 Å². The Labute approximate surface area is 130 Å². The molecule has 2 fully saturated rings. The van der Waals surface area contributed by atoms with E-state index in [4.69, 9.17) is 0 Å². The fourth-order valence-electron chi connectivity index (χ4n) is 3.15. The second-order valence-corrected chi connectivity index (χ2v) is 6.43. The molecule has 4 amide bonds. The van der Waals surface area contributed by atoms with E-state index in [0.29, 0.717) is 18.5 Å². The number of carbonyl (C=O) groups excluding carboxylic acids is 3. The third kappa shape index (κ3) is 2.00. The Balaban J connectivity index is 2.09. The summed E-state index contributed by atoms with van der Waals surface area (Å²) in [6.45, 7) is 1.83. The summed E-state index contributed by atoms with van der Waals surface area (Å²) in [5, 5.41) is 2.35. The molecule has 6 heteroatoms. The molecule has 1 saturated heterocycles. The van der Waals surface area contributed by atoms with Crippen LogP contribution < -0.4 is 10.2 Å². The first kappa shape index (κ1) is 14.3. The van der Waals surface area contributed by atoms with E-state index < -0.39 is 23.3 Å². The fraction of sp³-hybridized carbons (Fsp3) is 0.400. The molecular weight excluding hydrogens is 336 g/mol. The second-order valence-electron chi connectivity index (χ2n) is 5.57. The standard InChI is InChI=1S/C15H15BrN2O3/c1-9-10(16)5-4-6-11(9)18-13(20)15(7-2-3-8-15)12(19)17-14(18)21/h4-6H,2-3,7-8H2,1H3,(H,17,19,21). The number of barbiturate groups is 1. The van der Waals surface area contributed by atoms with Crippen LogP contribution in [0.1, 0.15) is 31.2 Å². The summed E-state index contributed by atoms with van der Waals surface area (Å²) in [4.78, 5) is 38.3. The molecule has 1 aromatic rings. The van der Waals surface area contributed by atoms with Crippen LogP contribution in [0.2, 0.25) is 0 Å². The number of nitrogens with one attached hydrogen (secondary N) is 1. The van der Waals surface area contributed by atoms with Crippen molar-refractivity contribution < 1.29 is 14.4 Å². The summed E-state index contributed by atoms with van der Waals surface area (Å²) >= 11 is 3.40. The molecule has 0 aromatic heterocycles. The normalized spacial score (nSPS) is 21.0. The number of rotatable bonds is 1. The Hall–Kier alpha value is -1.69. The number of imide groups is 2. The average Bonchev–Trinajstić information content (AvgIpc) is 2.92. The van der Waals surface area contributed by atoms with Gasteiger partial charge < -0.3 is 0 Å². The van der Waals surface area contributed by atoms with Gasteiger partial charge in [0.05, 0.1) is 5.69 Å². The van der Waals surface area contributed by atoms with Gasteiger partial charge in [0, 0.05) is 4.47 Å². The zero-order valence-electron chi connectivity index (χ0n) is 11.6. The van der Waals surface area contributed by atoms with Gasteiger partial charge in [-0.2, -0.15) is 0 Å². The monoisotopic (exact) mass is 350 g/mol. The molecule has 0 unspecified atom stereocenters. The average molecular weight is 351 g/mol. The minimum Gasteiger partial charge on any atom is -0.276 e. The van der Waals surface area contributed by atoms with Crippen LogP contribution in [0, 0.1) is 12.3 Å². The Bertz CT molecular complexity index is 650. The van der Waals surface area contributed by atoms with E-state index in [2.05, 4.69) is 21.2 Å². The minimum atomic E-state index is -1.07. The van der Waals surface area contributed by atoms with Crippen molar-refractivity contribution in [2.75, 3.05) is 4.90 Å². The number of hydrogen-bond acceptors (Lipinski definition) is 3. The summed E-state index contributed by atoms with van der Waals surface area (Å²) in [6, 6.07) is 4.67. The summed E-state index contributed by atoms with van der Waals surface area (Å²) in [5.74, 6) is -0.839. The van der Waals surface area contributed by atoms with Crippen LogP contribution in [0.4, 0.5) is 10.5 Å². The molecule has 1 aliphatic heterocycles. The molecule has 110 valence electrons. The molecule has 1 N–H and O–H groups in total. The van der Waals surface area contributed by atoms with Gasteiger partial charge in [-0.15, -0.1) is 0 Å². The van der Waals surface area contributed by atoms with E-state index in [-0.39, 0.29) is 0 Å². The number of hydrogen-bond donors (Lipinski definition) is 1. The van der Waals surface area contributed by atoms with E-state index >= 15 is 0 Å². The van der Waals surface area contributed by atoms with Crippen LogP contribution in [0.15, 0.2) is 22.7 Å². The highest BCUT2D eigenvalue weighted by Gasteiger charge is 2.55. The van der Waals surface area contributed by atoms with E-state index in [0.717, 1.165) is 27.8 Å². The summed E-state index contributed by atoms with van der Waals surface area (Å²) in [6.07, 6.45) is 2.68. The Morgan fingerprint density at radius 2 is 1.86 bits per heavy atom. The first-order valence-electron chi connectivity index (χ1n) is 6.92. The van der Waals surface area contributed by atoms with Crippen LogP contribution in [0.5, 0.6) is 0 Å². The lowest BCUT2D eigenvalue weighted by Gasteiger charge is -2.37. The SMILES string of the molecule is Cc1c(Br)cccc1N1C(=O)NC(=O)C2(CCCC2)C1=O. The smallest absolute Gasteiger partial charge is 0.276 e. The largest absolute Gasteiger partial charge is 0.335 e. The predicted molar refractivity (Wildman–Crippen MR) is 80.8 cm³/mol. The van der Waals surface area contributed by atoms with Crippen molar-refractivity contribution in [2.45, 2.75) is 32.6 Å².